The van der Waals surface area contributed by atoms with Gasteiger partial charge in [-0.3, -0.25) is 0 Å². The summed E-state index contributed by atoms with van der Waals surface area (Å²) in [5.41, 5.74) is 0. The summed E-state index contributed by atoms with van der Waals surface area (Å²) < 4.78 is 3.36. The molecule has 0 atom stereocenters. The van der Waals surface area contributed by atoms with Gasteiger partial charge < -0.3 is 0 Å². The van der Waals surface area contributed by atoms with E-state index >= 15 is 0 Å². The van der Waals surface area contributed by atoms with Crippen LogP contribution in [-0.2, 0) is 0 Å². The van der Waals surface area contributed by atoms with Gasteiger partial charge in [-0.05, 0) is 45.1 Å². The van der Waals surface area contributed by atoms with Crippen LogP contribution in [-0.4, -0.2) is 0 Å². The molecule has 4 aromatic carbocycles. The fraction of sp³-hybridized carbons (Fsp3) is 0. The minimum Gasteiger partial charge on any atom is -0.0616 e. The van der Waals surface area contributed by atoms with Crippen LogP contribution in [0.3, 0.4) is 0 Å². The van der Waals surface area contributed by atoms with Gasteiger partial charge >= 0.3 is 0 Å². The van der Waals surface area contributed by atoms with Crippen LogP contribution in [0.1, 0.15) is 0 Å². The van der Waals surface area contributed by atoms with E-state index in [4.69, 9.17) is 0 Å². The number of rotatable bonds is 0. The third kappa shape index (κ3) is 2.06. The van der Waals surface area contributed by atoms with E-state index in [0.29, 0.717) is 0 Å². The predicted octanol–water partition coefficient (Wildman–Crippen LogP) is 7.43. The van der Waals surface area contributed by atoms with Crippen molar-refractivity contribution in [2.45, 2.75) is 0 Å². The summed E-state index contributed by atoms with van der Waals surface area (Å²) in [6, 6.07) is 19.3. The number of hydrogen-bond donors (Lipinski definition) is 0. The molecule has 0 nitrogen and oxygen atoms in total. The van der Waals surface area contributed by atoms with Crippen molar-refractivity contribution in [2.24, 2.45) is 0 Å². The fourth-order valence-electron chi connectivity index (χ4n) is 2.92. The minimum absolute atomic E-state index is 1.11. The number of benzene rings is 4. The minimum atomic E-state index is 1.11. The molecule has 0 aliphatic heterocycles. The largest absolute Gasteiger partial charge is 0.0616 e. The molecule has 0 aromatic heterocycles. The normalized spacial score (nSPS) is 11.6. The first kappa shape index (κ1) is 13.7. The maximum atomic E-state index is 3.73. The van der Waals surface area contributed by atoms with Crippen LogP contribution in [0.5, 0.6) is 0 Å². The Morgan fingerprint density at radius 2 is 1.10 bits per heavy atom. The molecular formula is C18H9Br3. The van der Waals surface area contributed by atoms with Crippen molar-refractivity contribution in [3.63, 3.8) is 0 Å². The molecule has 0 fully saturated rings. The summed E-state index contributed by atoms with van der Waals surface area (Å²) in [7, 11) is 0. The highest BCUT2D eigenvalue weighted by molar-refractivity contribution is 9.11. The Kier molecular flexibility index (Phi) is 3.32. The average Bonchev–Trinajstić information content (AvgIpc) is 2.49. The van der Waals surface area contributed by atoms with Gasteiger partial charge in [0.1, 0.15) is 0 Å². The summed E-state index contributed by atoms with van der Waals surface area (Å²) in [5.74, 6) is 0. The van der Waals surface area contributed by atoms with Crippen molar-refractivity contribution in [3.05, 3.63) is 68.0 Å². The Morgan fingerprint density at radius 1 is 0.476 bits per heavy atom. The monoisotopic (exact) mass is 462 g/mol. The Morgan fingerprint density at radius 3 is 1.90 bits per heavy atom. The SMILES string of the molecule is Brc1cc2c3cccc(Br)c3c(Br)cc2c2ccccc12. The Hall–Kier alpha value is -0.900. The number of halogens is 3. The highest BCUT2D eigenvalue weighted by Crippen LogP contribution is 2.40. The van der Waals surface area contributed by atoms with E-state index in [1.54, 1.807) is 0 Å². The Bertz CT molecular complexity index is 1020. The fourth-order valence-corrected chi connectivity index (χ4v) is 5.00. The maximum absolute atomic E-state index is 3.73. The van der Waals surface area contributed by atoms with Crippen molar-refractivity contribution in [1.82, 2.24) is 0 Å². The lowest BCUT2D eigenvalue weighted by atomic mass is 9.97. The highest BCUT2D eigenvalue weighted by Gasteiger charge is 2.11. The Labute approximate surface area is 147 Å². The summed E-state index contributed by atoms with van der Waals surface area (Å²) in [6.07, 6.45) is 0. The van der Waals surface area contributed by atoms with E-state index in [1.807, 2.05) is 0 Å². The van der Waals surface area contributed by atoms with Crippen molar-refractivity contribution < 1.29 is 0 Å². The molecule has 21 heavy (non-hydrogen) atoms. The molecule has 0 heterocycles. The van der Waals surface area contributed by atoms with Crippen molar-refractivity contribution in [3.8, 4) is 0 Å². The molecule has 0 radical (unpaired) electrons. The topological polar surface area (TPSA) is 0 Å². The summed E-state index contributed by atoms with van der Waals surface area (Å²) in [5, 5.41) is 7.51. The van der Waals surface area contributed by atoms with E-state index < -0.39 is 0 Å². The maximum Gasteiger partial charge on any atom is 0.0271 e. The standard InChI is InChI=1S/C18H9Br3/c19-15-7-3-6-12-14-8-16(20)11-5-2-1-4-10(11)13(14)9-17(21)18(12)15/h1-9H. The lowest BCUT2D eigenvalue weighted by Gasteiger charge is -2.12. The predicted molar refractivity (Wildman–Crippen MR) is 102 cm³/mol. The molecule has 0 bridgehead atoms. The van der Waals surface area contributed by atoms with Crippen LogP contribution in [0.2, 0.25) is 0 Å². The average molecular weight is 465 g/mol. The first-order valence-corrected chi connectivity index (χ1v) is 8.92. The van der Waals surface area contributed by atoms with Gasteiger partial charge in [0.2, 0.25) is 0 Å². The summed E-state index contributed by atoms with van der Waals surface area (Å²) >= 11 is 11.1. The van der Waals surface area contributed by atoms with Gasteiger partial charge in [-0.1, -0.05) is 84.2 Å². The van der Waals surface area contributed by atoms with Crippen LogP contribution in [0.25, 0.3) is 32.3 Å². The van der Waals surface area contributed by atoms with Crippen LogP contribution >= 0.6 is 47.8 Å². The first-order valence-electron chi connectivity index (χ1n) is 6.54. The van der Waals surface area contributed by atoms with E-state index in [1.165, 1.54) is 32.3 Å². The first-order chi connectivity index (χ1) is 10.2. The highest BCUT2D eigenvalue weighted by atomic mass is 79.9. The second kappa shape index (κ2) is 5.08. The zero-order valence-corrected chi connectivity index (χ0v) is 15.6. The smallest absolute Gasteiger partial charge is 0.0271 e. The van der Waals surface area contributed by atoms with E-state index in [0.717, 1.165) is 13.4 Å². The lowest BCUT2D eigenvalue weighted by Crippen LogP contribution is -1.84. The molecule has 0 saturated heterocycles. The van der Waals surface area contributed by atoms with Crippen molar-refractivity contribution >= 4 is 80.1 Å². The molecule has 3 heteroatoms. The van der Waals surface area contributed by atoms with Gasteiger partial charge in [0.15, 0.2) is 0 Å². The molecule has 4 aromatic rings. The van der Waals surface area contributed by atoms with Gasteiger partial charge in [-0.2, -0.15) is 0 Å². The van der Waals surface area contributed by atoms with Gasteiger partial charge in [-0.25, -0.2) is 0 Å². The van der Waals surface area contributed by atoms with E-state index in [-0.39, 0.29) is 0 Å². The molecule has 102 valence electrons. The molecule has 0 aliphatic rings. The van der Waals surface area contributed by atoms with E-state index in [2.05, 4.69) is 102 Å². The second-order valence-electron chi connectivity index (χ2n) is 5.02. The molecule has 0 saturated carbocycles. The summed E-state index contributed by atoms with van der Waals surface area (Å²) in [4.78, 5) is 0. The zero-order chi connectivity index (χ0) is 14.6. The zero-order valence-electron chi connectivity index (χ0n) is 10.8. The number of fused-ring (bicyclic) bond motifs is 5. The van der Waals surface area contributed by atoms with Gasteiger partial charge in [0, 0.05) is 18.8 Å². The summed E-state index contributed by atoms with van der Waals surface area (Å²) in [6.45, 7) is 0. The van der Waals surface area contributed by atoms with Gasteiger partial charge in [0.25, 0.3) is 0 Å². The van der Waals surface area contributed by atoms with Gasteiger partial charge in [0.05, 0.1) is 0 Å². The molecule has 0 amide bonds. The molecule has 0 spiro atoms. The van der Waals surface area contributed by atoms with Crippen LogP contribution in [0.4, 0.5) is 0 Å². The third-order valence-electron chi connectivity index (χ3n) is 3.85. The van der Waals surface area contributed by atoms with Crippen molar-refractivity contribution in [1.29, 1.82) is 0 Å². The molecule has 4 rings (SSSR count). The van der Waals surface area contributed by atoms with Crippen LogP contribution < -0.4 is 0 Å². The van der Waals surface area contributed by atoms with Crippen LogP contribution in [0, 0.1) is 0 Å². The molecule has 0 unspecified atom stereocenters. The molecule has 0 aliphatic carbocycles. The van der Waals surface area contributed by atoms with Crippen LogP contribution in [0.15, 0.2) is 68.0 Å². The second-order valence-corrected chi connectivity index (χ2v) is 7.58. The molecular weight excluding hydrogens is 456 g/mol. The van der Waals surface area contributed by atoms with Crippen molar-refractivity contribution in [2.75, 3.05) is 0 Å². The molecule has 0 N–H and O–H groups in total. The lowest BCUT2D eigenvalue weighted by molar-refractivity contribution is 1.70. The number of hydrogen-bond acceptors (Lipinski definition) is 0. The van der Waals surface area contributed by atoms with Gasteiger partial charge in [-0.15, -0.1) is 0 Å². The Balaban J connectivity index is 2.36. The van der Waals surface area contributed by atoms with E-state index in [9.17, 15) is 0 Å². The third-order valence-corrected chi connectivity index (χ3v) is 5.79. The quantitative estimate of drug-likeness (QED) is 0.237.